The summed E-state index contributed by atoms with van der Waals surface area (Å²) in [5, 5.41) is 4.29. The molecule has 4 rings (SSSR count). The molecule has 2 saturated heterocycles. The van der Waals surface area contributed by atoms with Crippen LogP contribution >= 0.6 is 0 Å². The van der Waals surface area contributed by atoms with E-state index < -0.39 is 0 Å². The molecule has 2 aromatic rings. The van der Waals surface area contributed by atoms with Crippen LogP contribution in [0.1, 0.15) is 31.2 Å². The first kappa shape index (κ1) is 14.9. The number of nitrogens with zero attached hydrogens (tertiary/aromatic N) is 4. The lowest BCUT2D eigenvalue weighted by Gasteiger charge is -2.37. The number of piperidine rings is 1. The molecule has 1 aromatic heterocycles. The minimum absolute atomic E-state index is 0.787. The fourth-order valence-electron chi connectivity index (χ4n) is 4.01. The fraction of sp³-hybridized carbons (Fsp3) is 0.526. The molecule has 0 aliphatic carbocycles. The molecule has 0 N–H and O–H groups in total. The lowest BCUT2D eigenvalue weighted by molar-refractivity contribution is 0.110. The van der Waals surface area contributed by atoms with Gasteiger partial charge in [0.2, 0.25) is 0 Å². The van der Waals surface area contributed by atoms with Crippen LogP contribution in [-0.4, -0.2) is 51.8 Å². The van der Waals surface area contributed by atoms with E-state index in [2.05, 4.69) is 39.2 Å². The summed E-state index contributed by atoms with van der Waals surface area (Å²) in [6, 6.07) is 11.6. The highest BCUT2D eigenvalue weighted by Crippen LogP contribution is 2.22. The summed E-state index contributed by atoms with van der Waals surface area (Å²) in [5.74, 6) is 0. The molecule has 0 bridgehead atoms. The van der Waals surface area contributed by atoms with Crippen LogP contribution in [0.3, 0.4) is 0 Å². The van der Waals surface area contributed by atoms with Gasteiger partial charge in [-0.2, -0.15) is 5.10 Å². The Morgan fingerprint density at radius 2 is 1.83 bits per heavy atom. The fourth-order valence-corrected chi connectivity index (χ4v) is 4.01. The number of likely N-dealkylation sites (tertiary alicyclic amines) is 2. The van der Waals surface area contributed by atoms with E-state index in [1.54, 1.807) is 0 Å². The van der Waals surface area contributed by atoms with Crippen molar-refractivity contribution in [2.24, 2.45) is 0 Å². The average molecular weight is 310 g/mol. The molecular weight excluding hydrogens is 284 g/mol. The maximum absolute atomic E-state index is 4.29. The first-order valence-electron chi connectivity index (χ1n) is 8.94. The minimum Gasteiger partial charge on any atom is -0.299 e. The van der Waals surface area contributed by atoms with Gasteiger partial charge in [0.15, 0.2) is 0 Å². The summed E-state index contributed by atoms with van der Waals surface area (Å²) >= 11 is 0. The Morgan fingerprint density at radius 3 is 2.57 bits per heavy atom. The Balaban J connectivity index is 1.37. The maximum atomic E-state index is 4.29. The van der Waals surface area contributed by atoms with Gasteiger partial charge in [0.25, 0.3) is 0 Å². The van der Waals surface area contributed by atoms with E-state index >= 15 is 0 Å². The molecule has 0 unspecified atom stereocenters. The first-order valence-corrected chi connectivity index (χ1v) is 8.94. The monoisotopic (exact) mass is 310 g/mol. The summed E-state index contributed by atoms with van der Waals surface area (Å²) in [5.41, 5.74) is 2.54. The van der Waals surface area contributed by atoms with Gasteiger partial charge in [0.1, 0.15) is 0 Å². The van der Waals surface area contributed by atoms with E-state index in [4.69, 9.17) is 0 Å². The molecule has 0 saturated carbocycles. The van der Waals surface area contributed by atoms with Gasteiger partial charge >= 0.3 is 0 Å². The van der Waals surface area contributed by atoms with E-state index in [0.717, 1.165) is 18.3 Å². The van der Waals surface area contributed by atoms with Crippen molar-refractivity contribution in [3.8, 4) is 5.69 Å². The second-order valence-electron chi connectivity index (χ2n) is 6.89. The molecule has 23 heavy (non-hydrogen) atoms. The van der Waals surface area contributed by atoms with Gasteiger partial charge in [0.05, 0.1) is 5.69 Å². The Labute approximate surface area is 138 Å². The van der Waals surface area contributed by atoms with E-state index in [9.17, 15) is 0 Å². The number of hydrogen-bond acceptors (Lipinski definition) is 3. The van der Waals surface area contributed by atoms with Gasteiger partial charge in [0, 0.05) is 31.5 Å². The van der Waals surface area contributed by atoms with Gasteiger partial charge in [-0.3, -0.25) is 9.80 Å². The molecule has 0 spiro atoms. The van der Waals surface area contributed by atoms with Gasteiger partial charge in [-0.15, -0.1) is 0 Å². The van der Waals surface area contributed by atoms with E-state index in [1.165, 1.54) is 57.4 Å². The molecule has 2 aliphatic heterocycles. The topological polar surface area (TPSA) is 24.3 Å². The van der Waals surface area contributed by atoms with Crippen molar-refractivity contribution in [2.75, 3.05) is 26.2 Å². The smallest absolute Gasteiger partial charge is 0.0645 e. The third kappa shape index (κ3) is 3.48. The predicted molar refractivity (Wildman–Crippen MR) is 92.7 cm³/mol. The summed E-state index contributed by atoms with van der Waals surface area (Å²) in [7, 11) is 0. The van der Waals surface area contributed by atoms with Gasteiger partial charge in [-0.05, 0) is 69.1 Å². The largest absolute Gasteiger partial charge is 0.299 e. The molecule has 2 fully saturated rings. The maximum Gasteiger partial charge on any atom is 0.0645 e. The third-order valence-corrected chi connectivity index (χ3v) is 5.25. The summed E-state index contributed by atoms with van der Waals surface area (Å²) in [6.07, 6.45) is 9.32. The highest BCUT2D eigenvalue weighted by molar-refractivity contribution is 5.33. The van der Waals surface area contributed by atoms with Crippen molar-refractivity contribution in [3.63, 3.8) is 0 Å². The second-order valence-corrected chi connectivity index (χ2v) is 6.89. The van der Waals surface area contributed by atoms with Crippen molar-refractivity contribution < 1.29 is 0 Å². The molecule has 4 heteroatoms. The molecule has 1 atom stereocenters. The quantitative estimate of drug-likeness (QED) is 0.868. The van der Waals surface area contributed by atoms with Crippen molar-refractivity contribution in [1.82, 2.24) is 19.6 Å². The Morgan fingerprint density at radius 1 is 1.00 bits per heavy atom. The van der Waals surface area contributed by atoms with Gasteiger partial charge < -0.3 is 0 Å². The summed E-state index contributed by atoms with van der Waals surface area (Å²) in [6.45, 7) is 6.18. The number of benzene rings is 1. The van der Waals surface area contributed by atoms with Crippen LogP contribution < -0.4 is 0 Å². The average Bonchev–Trinajstić information content (AvgIpc) is 3.30. The molecule has 3 heterocycles. The number of hydrogen-bond donors (Lipinski definition) is 0. The Bertz CT molecular complexity index is 599. The van der Waals surface area contributed by atoms with Crippen molar-refractivity contribution in [3.05, 3.63) is 48.3 Å². The van der Waals surface area contributed by atoms with Crippen LogP contribution in [-0.2, 0) is 6.54 Å². The van der Waals surface area contributed by atoms with Gasteiger partial charge in [-0.1, -0.05) is 12.1 Å². The molecule has 122 valence electrons. The first-order chi connectivity index (χ1) is 11.4. The molecule has 0 amide bonds. The van der Waals surface area contributed by atoms with Crippen LogP contribution in [0.4, 0.5) is 0 Å². The minimum atomic E-state index is 0.787. The highest BCUT2D eigenvalue weighted by Gasteiger charge is 2.26. The zero-order valence-electron chi connectivity index (χ0n) is 13.8. The van der Waals surface area contributed by atoms with Crippen molar-refractivity contribution in [1.29, 1.82) is 0 Å². The number of aromatic nitrogens is 2. The predicted octanol–water partition coefficient (Wildman–Crippen LogP) is 2.93. The second kappa shape index (κ2) is 6.85. The lowest BCUT2D eigenvalue weighted by Crippen LogP contribution is -2.46. The van der Waals surface area contributed by atoms with Crippen molar-refractivity contribution in [2.45, 2.75) is 38.3 Å². The van der Waals surface area contributed by atoms with Crippen LogP contribution in [0, 0.1) is 0 Å². The molecule has 1 aromatic carbocycles. The highest BCUT2D eigenvalue weighted by atomic mass is 15.3. The Hall–Kier alpha value is -1.65. The summed E-state index contributed by atoms with van der Waals surface area (Å²) in [4.78, 5) is 5.35. The summed E-state index contributed by atoms with van der Waals surface area (Å²) < 4.78 is 1.91. The molecule has 4 nitrogen and oxygen atoms in total. The molecule has 0 radical (unpaired) electrons. The number of rotatable bonds is 4. The van der Waals surface area contributed by atoms with E-state index in [0.29, 0.717) is 0 Å². The normalized spacial score (nSPS) is 23.4. The van der Waals surface area contributed by atoms with E-state index in [-0.39, 0.29) is 0 Å². The molecule has 2 aliphatic rings. The third-order valence-electron chi connectivity index (χ3n) is 5.25. The Kier molecular flexibility index (Phi) is 4.44. The van der Waals surface area contributed by atoms with Crippen LogP contribution in [0.15, 0.2) is 42.7 Å². The standard InChI is InChI=1S/C19H26N4/c1-2-13-22(12-1)19-5-3-11-21(16-19)15-17-6-8-18(9-7-17)23-14-4-10-20-23/h4,6-10,14,19H,1-3,5,11-13,15-16H2/t19-/m0/s1. The molecular formula is C19H26N4. The van der Waals surface area contributed by atoms with Crippen LogP contribution in [0.2, 0.25) is 0 Å². The van der Waals surface area contributed by atoms with Gasteiger partial charge in [-0.25, -0.2) is 4.68 Å². The SMILES string of the molecule is c1cnn(-c2ccc(CN3CCC[C@H](N4CCCC4)C3)cc2)c1. The lowest BCUT2D eigenvalue weighted by atomic mass is 10.0. The zero-order valence-corrected chi connectivity index (χ0v) is 13.8. The van der Waals surface area contributed by atoms with Crippen molar-refractivity contribution >= 4 is 0 Å². The van der Waals surface area contributed by atoms with Crippen LogP contribution in [0.5, 0.6) is 0 Å². The van der Waals surface area contributed by atoms with Crippen LogP contribution in [0.25, 0.3) is 5.69 Å². The van der Waals surface area contributed by atoms with E-state index in [1.807, 2.05) is 23.1 Å². The zero-order chi connectivity index (χ0) is 15.5.